The molecule has 0 aromatic carbocycles. The van der Waals surface area contributed by atoms with Crippen molar-refractivity contribution in [2.45, 2.75) is 46.5 Å². The van der Waals surface area contributed by atoms with Gasteiger partial charge < -0.3 is 19.8 Å². The lowest BCUT2D eigenvalue weighted by Gasteiger charge is -2.12. The lowest BCUT2D eigenvalue weighted by Crippen LogP contribution is -2.18. The largest absolute Gasteiger partial charge is 0.465 e. The quantitative estimate of drug-likeness (QED) is 0.534. The number of aromatic nitrogens is 1. The first-order chi connectivity index (χ1) is 14.2. The molecule has 0 fully saturated rings. The summed E-state index contributed by atoms with van der Waals surface area (Å²) >= 11 is 1.39. The molecule has 1 aliphatic rings. The molecular formula is C21H24N2O6S. The number of esters is 2. The summed E-state index contributed by atoms with van der Waals surface area (Å²) < 4.78 is 10.1. The van der Waals surface area contributed by atoms with E-state index in [9.17, 15) is 19.2 Å². The molecule has 0 saturated heterocycles. The van der Waals surface area contributed by atoms with E-state index >= 15 is 0 Å². The average Bonchev–Trinajstić information content (AvgIpc) is 3.21. The van der Waals surface area contributed by atoms with Crippen LogP contribution in [0.4, 0.5) is 5.00 Å². The van der Waals surface area contributed by atoms with Gasteiger partial charge in [0.2, 0.25) is 11.7 Å². The van der Waals surface area contributed by atoms with Crippen LogP contribution in [-0.2, 0) is 27.1 Å². The molecule has 0 bridgehead atoms. The van der Waals surface area contributed by atoms with Crippen LogP contribution in [0.15, 0.2) is 0 Å². The number of H-pyrrole nitrogens is 1. The maximum Gasteiger partial charge on any atom is 0.341 e. The molecule has 30 heavy (non-hydrogen) atoms. The molecule has 1 aliphatic carbocycles. The Hall–Kier alpha value is -2.94. The fourth-order valence-electron chi connectivity index (χ4n) is 3.74. The molecule has 0 unspecified atom stereocenters. The van der Waals surface area contributed by atoms with E-state index in [1.165, 1.54) is 25.4 Å². The summed E-state index contributed by atoms with van der Waals surface area (Å²) in [5, 5.41) is 3.17. The van der Waals surface area contributed by atoms with Crippen LogP contribution in [0, 0.1) is 13.8 Å². The van der Waals surface area contributed by atoms with Crippen molar-refractivity contribution in [3.05, 3.63) is 38.5 Å². The number of carbonyl (C=O) groups is 4. The number of hydrogen-bond donors (Lipinski definition) is 2. The molecule has 2 aromatic heterocycles. The summed E-state index contributed by atoms with van der Waals surface area (Å²) in [4.78, 5) is 52.9. The summed E-state index contributed by atoms with van der Waals surface area (Å²) in [5.74, 6) is -1.90. The number of fused-ring (bicyclic) bond motifs is 1. The minimum absolute atomic E-state index is 0.204. The first-order valence-corrected chi connectivity index (χ1v) is 10.5. The predicted molar refractivity (Wildman–Crippen MR) is 111 cm³/mol. The Kier molecular flexibility index (Phi) is 6.40. The Morgan fingerprint density at radius 3 is 2.43 bits per heavy atom. The minimum Gasteiger partial charge on any atom is -0.465 e. The highest BCUT2D eigenvalue weighted by Gasteiger charge is 2.28. The van der Waals surface area contributed by atoms with Crippen molar-refractivity contribution < 1.29 is 28.7 Å². The number of thiophene rings is 1. The maximum atomic E-state index is 12.8. The van der Waals surface area contributed by atoms with E-state index in [0.717, 1.165) is 36.1 Å². The van der Waals surface area contributed by atoms with E-state index in [4.69, 9.17) is 9.47 Å². The maximum absolute atomic E-state index is 12.8. The Labute approximate surface area is 177 Å². The van der Waals surface area contributed by atoms with Gasteiger partial charge >= 0.3 is 11.9 Å². The summed E-state index contributed by atoms with van der Waals surface area (Å²) in [6.45, 7) is 4.20. The standard InChI is InChI=1S/C21H24N2O6S/c1-10-16(20(26)28-4)11(2)22-18(10)14(25)9-29-21(27)17-13-7-5-6-8-15(13)30-19(17)23-12(3)24/h22H,5-9H2,1-4H3,(H,23,24). The first-order valence-electron chi connectivity index (χ1n) is 9.64. The van der Waals surface area contributed by atoms with Crippen LogP contribution in [0.5, 0.6) is 0 Å². The second-order valence-corrected chi connectivity index (χ2v) is 8.32. The molecule has 2 N–H and O–H groups in total. The van der Waals surface area contributed by atoms with Crippen molar-refractivity contribution in [2.75, 3.05) is 19.0 Å². The molecule has 2 aromatic rings. The van der Waals surface area contributed by atoms with E-state index in [1.807, 2.05) is 0 Å². The number of hydrogen-bond acceptors (Lipinski definition) is 7. The van der Waals surface area contributed by atoms with Crippen molar-refractivity contribution in [3.8, 4) is 0 Å². The number of Topliss-reactive ketones (excluding diaryl/α,β-unsaturated/α-hetero) is 1. The third-order valence-electron chi connectivity index (χ3n) is 5.11. The highest BCUT2D eigenvalue weighted by molar-refractivity contribution is 7.17. The van der Waals surface area contributed by atoms with Crippen molar-refractivity contribution in [1.82, 2.24) is 4.98 Å². The van der Waals surface area contributed by atoms with Crippen LogP contribution in [-0.4, -0.2) is 42.3 Å². The number of aryl methyl sites for hydroxylation is 2. The topological polar surface area (TPSA) is 115 Å². The summed E-state index contributed by atoms with van der Waals surface area (Å²) in [5.41, 5.74) is 2.70. The number of ether oxygens (including phenoxy) is 2. The van der Waals surface area contributed by atoms with Gasteiger partial charge in [0, 0.05) is 17.5 Å². The molecule has 0 atom stereocenters. The van der Waals surface area contributed by atoms with Gasteiger partial charge in [0.15, 0.2) is 6.61 Å². The zero-order valence-corrected chi connectivity index (χ0v) is 18.2. The van der Waals surface area contributed by atoms with E-state index < -0.39 is 24.3 Å². The molecule has 0 saturated carbocycles. The Bertz CT molecular complexity index is 1030. The van der Waals surface area contributed by atoms with Gasteiger partial charge in [-0.25, -0.2) is 9.59 Å². The third kappa shape index (κ3) is 4.16. The highest BCUT2D eigenvalue weighted by Crippen LogP contribution is 2.38. The smallest absolute Gasteiger partial charge is 0.341 e. The summed E-state index contributed by atoms with van der Waals surface area (Å²) in [7, 11) is 1.27. The molecule has 0 radical (unpaired) electrons. The molecule has 2 heterocycles. The third-order valence-corrected chi connectivity index (χ3v) is 6.31. The first kappa shape index (κ1) is 21.8. The van der Waals surface area contributed by atoms with E-state index in [-0.39, 0.29) is 11.6 Å². The van der Waals surface area contributed by atoms with E-state index in [0.29, 0.717) is 27.4 Å². The SMILES string of the molecule is COC(=O)c1c(C)[nH]c(C(=O)COC(=O)c2c(NC(C)=O)sc3c2CCCC3)c1C. The van der Waals surface area contributed by atoms with Gasteiger partial charge in [0.25, 0.3) is 0 Å². The van der Waals surface area contributed by atoms with Crippen molar-refractivity contribution >= 4 is 40.0 Å². The van der Waals surface area contributed by atoms with E-state index in [2.05, 4.69) is 10.3 Å². The van der Waals surface area contributed by atoms with Crippen LogP contribution in [0.2, 0.25) is 0 Å². The van der Waals surface area contributed by atoms with Gasteiger partial charge in [-0.05, 0) is 50.7 Å². The molecule has 8 nitrogen and oxygen atoms in total. The normalized spacial score (nSPS) is 12.8. The van der Waals surface area contributed by atoms with Crippen LogP contribution in [0.3, 0.4) is 0 Å². The van der Waals surface area contributed by atoms with Crippen molar-refractivity contribution in [1.29, 1.82) is 0 Å². The van der Waals surface area contributed by atoms with Gasteiger partial charge in [0.1, 0.15) is 5.00 Å². The molecule has 0 spiro atoms. The second-order valence-electron chi connectivity index (χ2n) is 7.21. The van der Waals surface area contributed by atoms with Crippen LogP contribution < -0.4 is 5.32 Å². The molecule has 3 rings (SSSR count). The number of nitrogens with one attached hydrogen (secondary N) is 2. The zero-order valence-electron chi connectivity index (χ0n) is 17.4. The predicted octanol–water partition coefficient (Wildman–Crippen LogP) is 3.36. The number of methoxy groups -OCH3 is 1. The van der Waals surface area contributed by atoms with Crippen LogP contribution >= 0.6 is 11.3 Å². The van der Waals surface area contributed by atoms with Crippen molar-refractivity contribution in [2.24, 2.45) is 0 Å². The fourth-order valence-corrected chi connectivity index (χ4v) is 5.07. The van der Waals surface area contributed by atoms with Gasteiger partial charge in [-0.2, -0.15) is 0 Å². The number of anilines is 1. The Balaban J connectivity index is 1.79. The average molecular weight is 432 g/mol. The monoisotopic (exact) mass is 432 g/mol. The fraction of sp³-hybridized carbons (Fsp3) is 0.429. The van der Waals surface area contributed by atoms with E-state index in [1.54, 1.807) is 13.8 Å². The number of ketones is 1. The van der Waals surface area contributed by atoms with Gasteiger partial charge in [-0.1, -0.05) is 0 Å². The highest BCUT2D eigenvalue weighted by atomic mass is 32.1. The molecule has 0 aliphatic heterocycles. The number of amides is 1. The minimum atomic E-state index is -0.638. The van der Waals surface area contributed by atoms with Gasteiger partial charge in [-0.15, -0.1) is 11.3 Å². The lowest BCUT2D eigenvalue weighted by atomic mass is 9.95. The van der Waals surface area contributed by atoms with Crippen LogP contribution in [0.25, 0.3) is 0 Å². The molecule has 160 valence electrons. The number of rotatable bonds is 6. The van der Waals surface area contributed by atoms with Gasteiger partial charge in [0.05, 0.1) is 23.9 Å². The second kappa shape index (κ2) is 8.83. The molecule has 1 amide bonds. The van der Waals surface area contributed by atoms with Crippen molar-refractivity contribution in [3.63, 3.8) is 0 Å². The Morgan fingerprint density at radius 2 is 1.77 bits per heavy atom. The van der Waals surface area contributed by atoms with Crippen LogP contribution in [0.1, 0.15) is 72.7 Å². The number of carbonyl (C=O) groups excluding carboxylic acids is 4. The summed E-state index contributed by atoms with van der Waals surface area (Å²) in [6, 6.07) is 0. The Morgan fingerprint density at radius 1 is 1.07 bits per heavy atom. The molecular weight excluding hydrogens is 408 g/mol. The number of aromatic amines is 1. The molecule has 9 heteroatoms. The zero-order chi connectivity index (χ0) is 22.0. The lowest BCUT2D eigenvalue weighted by molar-refractivity contribution is -0.114. The summed E-state index contributed by atoms with van der Waals surface area (Å²) in [6.07, 6.45) is 3.59. The van der Waals surface area contributed by atoms with Gasteiger partial charge in [-0.3, -0.25) is 9.59 Å².